The van der Waals surface area contributed by atoms with Gasteiger partial charge in [-0.15, -0.1) is 0 Å². The number of fused-ring (bicyclic) bond motifs is 29. The maximum atomic E-state index is 6.96. The van der Waals surface area contributed by atoms with Gasteiger partial charge in [0, 0.05) is 82.2 Å². The van der Waals surface area contributed by atoms with Crippen molar-refractivity contribution < 1.29 is 13.3 Å². The molecular formula is C132H78N2O3. The quantitative estimate of drug-likeness (QED) is 0.149. The highest BCUT2D eigenvalue weighted by Crippen LogP contribution is 2.55. The van der Waals surface area contributed by atoms with Gasteiger partial charge in [-0.3, -0.25) is 0 Å². The first kappa shape index (κ1) is 77.6. The van der Waals surface area contributed by atoms with Crippen molar-refractivity contribution in [1.82, 2.24) is 9.97 Å². The van der Waals surface area contributed by atoms with Gasteiger partial charge < -0.3 is 13.3 Å². The molecule has 137 heavy (non-hydrogen) atoms. The van der Waals surface area contributed by atoms with Crippen molar-refractivity contribution in [3.63, 3.8) is 0 Å². The lowest BCUT2D eigenvalue weighted by Gasteiger charge is -2.19. The van der Waals surface area contributed by atoms with E-state index < -0.39 is 0 Å². The second-order valence-corrected chi connectivity index (χ2v) is 36.0. The van der Waals surface area contributed by atoms with Crippen LogP contribution in [0.25, 0.3) is 295 Å². The third-order valence-electron chi connectivity index (χ3n) is 28.7. The smallest absolute Gasteiger partial charge is 0.161 e. The largest absolute Gasteiger partial charge is 0.455 e. The lowest BCUT2D eigenvalue weighted by molar-refractivity contribution is 0.670. The third kappa shape index (κ3) is 12.1. The van der Waals surface area contributed by atoms with Crippen LogP contribution < -0.4 is 0 Å². The summed E-state index contributed by atoms with van der Waals surface area (Å²) in [5, 5.41) is 39.4. The first-order chi connectivity index (χ1) is 68.0. The van der Waals surface area contributed by atoms with Crippen molar-refractivity contribution in [2.75, 3.05) is 0 Å². The molecule has 30 aromatic rings. The fourth-order valence-corrected chi connectivity index (χ4v) is 22.9. The van der Waals surface area contributed by atoms with Crippen molar-refractivity contribution in [1.29, 1.82) is 0 Å². The van der Waals surface area contributed by atoms with Crippen molar-refractivity contribution in [3.05, 3.63) is 473 Å². The zero-order valence-electron chi connectivity index (χ0n) is 74.2. The number of rotatable bonds is 7. The number of hydrogen-bond donors (Lipinski definition) is 0. The van der Waals surface area contributed by atoms with Gasteiger partial charge in [-0.1, -0.05) is 431 Å². The van der Waals surface area contributed by atoms with Crippen LogP contribution in [0.1, 0.15) is 0 Å². The maximum absolute atomic E-state index is 6.96. The first-order valence-corrected chi connectivity index (χ1v) is 47.0. The van der Waals surface area contributed by atoms with Gasteiger partial charge in [0.25, 0.3) is 0 Å². The summed E-state index contributed by atoms with van der Waals surface area (Å²) in [5.41, 5.74) is 21.4. The minimum atomic E-state index is 0.713. The molecule has 0 saturated carbocycles. The molecule has 4 aromatic heterocycles. The van der Waals surface area contributed by atoms with E-state index in [1.54, 1.807) is 0 Å². The summed E-state index contributed by atoms with van der Waals surface area (Å²) in [6.07, 6.45) is 0. The SMILES string of the molecule is c1ccc(-c2c3ccccc3c(-c3cc4ccccc4c4c3oc3ccc5ccccc5c34)c3ccccc23)cc1.c1ccc(-c2nc(-c3c4ccccc4c(-c4cc5ccccc5c5c4oc4ccc6ccccc6c45)c4ccccc34)nc3ccccc23)cc1.c1ccc2c(-c3c4ccccc4c(-c4cc5ccccc5c5c4oc4ccc6ccccc6c45)c4ccccc34)cccc2c1. The third-order valence-corrected chi connectivity index (χ3v) is 28.7. The highest BCUT2D eigenvalue weighted by Gasteiger charge is 2.30. The monoisotopic (exact) mass is 1740 g/mol. The van der Waals surface area contributed by atoms with E-state index in [1.165, 1.54) is 173 Å². The van der Waals surface area contributed by atoms with Crippen LogP contribution in [0.3, 0.4) is 0 Å². The van der Waals surface area contributed by atoms with E-state index in [0.717, 1.165) is 116 Å². The molecule has 0 radical (unpaired) electrons. The second kappa shape index (κ2) is 31.3. The predicted octanol–water partition coefficient (Wildman–Crippen LogP) is 37.4. The second-order valence-electron chi connectivity index (χ2n) is 36.0. The average Bonchev–Trinajstić information content (AvgIpc) is 0.818. The Hall–Kier alpha value is -18.2. The summed E-state index contributed by atoms with van der Waals surface area (Å²) in [4.78, 5) is 10.6. The van der Waals surface area contributed by atoms with Crippen LogP contribution in [0.4, 0.5) is 0 Å². The minimum Gasteiger partial charge on any atom is -0.455 e. The van der Waals surface area contributed by atoms with Crippen LogP contribution in [-0.2, 0) is 0 Å². The van der Waals surface area contributed by atoms with E-state index in [9.17, 15) is 0 Å². The molecule has 4 heterocycles. The number of hydrogen-bond acceptors (Lipinski definition) is 5. The highest BCUT2D eigenvalue weighted by molar-refractivity contribution is 6.36. The molecule has 5 heteroatoms. The van der Waals surface area contributed by atoms with Crippen molar-refractivity contribution in [2.24, 2.45) is 0 Å². The standard InChI is InChI=1S/C48H28N2O.C44H26O.C40H24O/c1-2-15-30(16-3-1)46-38-24-12-13-25-40(38)49-48(50-46)43-36-22-10-8-20-34(36)42(35-21-9-11-23-37(35)43)39-28-31-17-5-7-19-33(31)45-44-32-18-6-4-14-29(32)26-27-41(44)51-47(39)45;1-4-16-30-27(12-1)15-11-23-33(30)40-34-19-7-9-21-36(34)41(37-22-10-8-20-35(37)40)38-26-29-14-3-6-18-32(29)43-42-31-17-5-2-13-28(31)24-25-39(42)45-44(38)43;1-2-13-26(14-3-1)36-30-18-8-10-20-32(30)37(33-21-11-9-19-31(33)36)34-24-27-15-5-7-17-29(27)39-38-28-16-6-4-12-25(28)22-23-35(38)41-40(34)39/h1-28H;1-26H;1-24H. The van der Waals surface area contributed by atoms with Crippen LogP contribution in [0.5, 0.6) is 0 Å². The number of benzene rings is 26. The molecule has 0 atom stereocenters. The molecule has 0 spiro atoms. The average molecular weight is 1740 g/mol. The van der Waals surface area contributed by atoms with Crippen molar-refractivity contribution in [2.45, 2.75) is 0 Å². The molecule has 26 aromatic carbocycles. The zero-order chi connectivity index (χ0) is 89.9. The zero-order valence-corrected chi connectivity index (χ0v) is 74.2. The minimum absolute atomic E-state index is 0.713. The van der Waals surface area contributed by atoms with E-state index in [-0.39, 0.29) is 0 Å². The highest BCUT2D eigenvalue weighted by atomic mass is 16.3. The van der Waals surface area contributed by atoms with Crippen molar-refractivity contribution >= 4 is 217 Å². The van der Waals surface area contributed by atoms with Crippen LogP contribution >= 0.6 is 0 Å². The molecule has 0 N–H and O–H groups in total. The van der Waals surface area contributed by atoms with Gasteiger partial charge in [-0.2, -0.15) is 0 Å². The predicted molar refractivity (Wildman–Crippen MR) is 580 cm³/mol. The molecule has 0 fully saturated rings. The summed E-state index contributed by atoms with van der Waals surface area (Å²) in [6.45, 7) is 0. The lowest BCUT2D eigenvalue weighted by atomic mass is 9.84. The van der Waals surface area contributed by atoms with Crippen LogP contribution in [0, 0.1) is 0 Å². The number of para-hydroxylation sites is 1. The van der Waals surface area contributed by atoms with Gasteiger partial charge in [0.2, 0.25) is 0 Å². The van der Waals surface area contributed by atoms with E-state index in [1.807, 2.05) is 6.07 Å². The van der Waals surface area contributed by atoms with Crippen LogP contribution in [-0.4, -0.2) is 9.97 Å². The molecular weight excluding hydrogens is 1660 g/mol. The molecule has 0 amide bonds. The summed E-state index contributed by atoms with van der Waals surface area (Å²) in [6, 6.07) is 170. The van der Waals surface area contributed by atoms with Gasteiger partial charge in [0.1, 0.15) is 33.5 Å². The van der Waals surface area contributed by atoms with Crippen molar-refractivity contribution in [3.8, 4) is 78.3 Å². The summed E-state index contributed by atoms with van der Waals surface area (Å²) in [5.74, 6) is 0.713. The molecule has 0 aliphatic heterocycles. The Morgan fingerprint density at radius 2 is 0.394 bits per heavy atom. The molecule has 634 valence electrons. The fourth-order valence-electron chi connectivity index (χ4n) is 22.9. The van der Waals surface area contributed by atoms with Crippen LogP contribution in [0.2, 0.25) is 0 Å². The van der Waals surface area contributed by atoms with E-state index in [0.29, 0.717) is 5.82 Å². The maximum Gasteiger partial charge on any atom is 0.161 e. The van der Waals surface area contributed by atoms with Gasteiger partial charge in [0.05, 0.1) is 11.2 Å². The Labute approximate surface area is 785 Å². The Morgan fingerprint density at radius 3 is 0.745 bits per heavy atom. The summed E-state index contributed by atoms with van der Waals surface area (Å²) in [7, 11) is 0. The Bertz CT molecular complexity index is 10200. The van der Waals surface area contributed by atoms with E-state index >= 15 is 0 Å². The molecule has 5 nitrogen and oxygen atoms in total. The van der Waals surface area contributed by atoms with E-state index in [4.69, 9.17) is 23.2 Å². The Kier molecular flexibility index (Phi) is 17.7. The van der Waals surface area contributed by atoms with Gasteiger partial charge >= 0.3 is 0 Å². The van der Waals surface area contributed by atoms with E-state index in [2.05, 4.69) is 467 Å². The topological polar surface area (TPSA) is 65.2 Å². The van der Waals surface area contributed by atoms with Gasteiger partial charge in [0.15, 0.2) is 5.82 Å². The Morgan fingerprint density at radius 1 is 0.146 bits per heavy atom. The fraction of sp³-hybridized carbons (Fsp3) is 0. The molecule has 0 saturated heterocycles. The molecule has 0 aliphatic carbocycles. The summed E-state index contributed by atoms with van der Waals surface area (Å²) >= 11 is 0. The van der Waals surface area contributed by atoms with Gasteiger partial charge in [-0.05, 0) is 205 Å². The van der Waals surface area contributed by atoms with Gasteiger partial charge in [-0.25, -0.2) is 9.97 Å². The molecule has 0 bridgehead atoms. The van der Waals surface area contributed by atoms with Crippen LogP contribution in [0.15, 0.2) is 486 Å². The lowest BCUT2D eigenvalue weighted by Crippen LogP contribution is -1.98. The number of furan rings is 3. The number of nitrogens with zero attached hydrogens (tertiary/aromatic N) is 2. The molecule has 0 unspecified atom stereocenters. The first-order valence-electron chi connectivity index (χ1n) is 47.0. The Balaban J connectivity index is 0.000000102. The summed E-state index contributed by atoms with van der Waals surface area (Å²) < 4.78 is 20.7. The molecule has 0 aliphatic rings. The number of aromatic nitrogens is 2. The molecule has 30 rings (SSSR count). The normalized spacial score (nSPS) is 11.9.